The first-order chi connectivity index (χ1) is 14.3. The Balaban J connectivity index is 1.94. The molecule has 0 spiro atoms. The number of aromatic nitrogens is 2. The monoisotopic (exact) mass is 453 g/mol. The molecule has 4 rings (SSSR count). The van der Waals surface area contributed by atoms with Crippen molar-refractivity contribution in [2.24, 2.45) is 0 Å². The SMILES string of the molecule is Cc1ncc2c(N[C@H]3c4cc(Cl)ccc4C(C)(C)C[C@]3(O)C(F)(F)F)ccc(F)c2n1. The number of benzene rings is 2. The van der Waals surface area contributed by atoms with Crippen molar-refractivity contribution >= 4 is 28.2 Å². The van der Waals surface area contributed by atoms with E-state index in [-0.39, 0.29) is 27.2 Å². The lowest BCUT2D eigenvalue weighted by Crippen LogP contribution is -2.58. The van der Waals surface area contributed by atoms with Gasteiger partial charge in [-0.15, -0.1) is 0 Å². The molecule has 1 aliphatic rings. The standard InChI is InChI=1S/C22H20ClF4N3O/c1-11-28-9-14-17(7-6-16(24)18(14)29-11)30-19-13-8-12(23)4-5-15(13)20(2,3)10-21(19,31)22(25,26)27/h4-9,19,30-31H,10H2,1-3H3/t19-,21+/m0/s1. The molecule has 2 atom stereocenters. The Hall–Kier alpha value is -2.45. The summed E-state index contributed by atoms with van der Waals surface area (Å²) in [5, 5.41) is 14.3. The molecule has 0 saturated heterocycles. The quantitative estimate of drug-likeness (QED) is 0.477. The first-order valence-corrected chi connectivity index (χ1v) is 9.99. The van der Waals surface area contributed by atoms with Gasteiger partial charge in [-0.25, -0.2) is 14.4 Å². The van der Waals surface area contributed by atoms with E-state index in [2.05, 4.69) is 15.3 Å². The Labute approximate surface area is 181 Å². The largest absolute Gasteiger partial charge is 0.419 e. The average molecular weight is 454 g/mol. The van der Waals surface area contributed by atoms with Crippen LogP contribution in [-0.4, -0.2) is 26.9 Å². The summed E-state index contributed by atoms with van der Waals surface area (Å²) in [5.74, 6) is -0.294. The van der Waals surface area contributed by atoms with Crippen molar-refractivity contribution in [3.8, 4) is 0 Å². The number of alkyl halides is 3. The lowest BCUT2D eigenvalue weighted by atomic mass is 9.63. The van der Waals surface area contributed by atoms with Crippen molar-refractivity contribution in [2.45, 2.75) is 50.4 Å². The van der Waals surface area contributed by atoms with Crippen LogP contribution >= 0.6 is 11.6 Å². The first kappa shape index (κ1) is 21.8. The second kappa shape index (κ2) is 7.03. The van der Waals surface area contributed by atoms with Crippen molar-refractivity contribution in [1.29, 1.82) is 0 Å². The fraction of sp³-hybridized carbons (Fsp3) is 0.364. The number of anilines is 1. The number of fused-ring (bicyclic) bond motifs is 2. The minimum absolute atomic E-state index is 0.0181. The predicted molar refractivity (Wildman–Crippen MR) is 111 cm³/mol. The Morgan fingerprint density at radius 1 is 1.19 bits per heavy atom. The van der Waals surface area contributed by atoms with Gasteiger partial charge in [0.05, 0.1) is 6.04 Å². The molecule has 1 aliphatic carbocycles. The molecule has 0 bridgehead atoms. The number of rotatable bonds is 2. The number of nitrogens with zero attached hydrogens (tertiary/aromatic N) is 2. The summed E-state index contributed by atoms with van der Waals surface area (Å²) in [4.78, 5) is 8.11. The van der Waals surface area contributed by atoms with Crippen LogP contribution in [0.4, 0.5) is 23.2 Å². The third-order valence-electron chi connectivity index (χ3n) is 5.86. The average Bonchev–Trinajstić information content (AvgIpc) is 2.65. The van der Waals surface area contributed by atoms with Gasteiger partial charge in [0.25, 0.3) is 0 Å². The van der Waals surface area contributed by atoms with Gasteiger partial charge in [0.15, 0.2) is 5.60 Å². The maximum atomic E-state index is 14.3. The minimum atomic E-state index is -4.94. The summed E-state index contributed by atoms with van der Waals surface area (Å²) >= 11 is 6.12. The number of nitrogens with one attached hydrogen (secondary N) is 1. The van der Waals surface area contributed by atoms with Gasteiger partial charge in [0, 0.05) is 22.3 Å². The summed E-state index contributed by atoms with van der Waals surface area (Å²) in [7, 11) is 0. The summed E-state index contributed by atoms with van der Waals surface area (Å²) in [5.41, 5.74) is -3.03. The second-order valence-electron chi connectivity index (χ2n) is 8.57. The molecule has 2 aromatic carbocycles. The van der Waals surface area contributed by atoms with E-state index in [1.54, 1.807) is 32.9 Å². The zero-order valence-corrected chi connectivity index (χ0v) is 17.7. The lowest BCUT2D eigenvalue weighted by molar-refractivity contribution is -0.275. The maximum Gasteiger partial charge on any atom is 0.419 e. The molecule has 31 heavy (non-hydrogen) atoms. The van der Waals surface area contributed by atoms with E-state index in [0.29, 0.717) is 11.4 Å². The van der Waals surface area contributed by atoms with Gasteiger partial charge >= 0.3 is 6.18 Å². The van der Waals surface area contributed by atoms with E-state index < -0.39 is 35.5 Å². The number of hydrogen-bond acceptors (Lipinski definition) is 4. The van der Waals surface area contributed by atoms with E-state index in [9.17, 15) is 22.7 Å². The zero-order chi connectivity index (χ0) is 22.8. The van der Waals surface area contributed by atoms with E-state index >= 15 is 0 Å². The number of aliphatic hydroxyl groups is 1. The van der Waals surface area contributed by atoms with Crippen LogP contribution in [0.5, 0.6) is 0 Å². The second-order valence-corrected chi connectivity index (χ2v) is 9.00. The fourth-order valence-electron chi connectivity index (χ4n) is 4.43. The van der Waals surface area contributed by atoms with E-state index in [1.165, 1.54) is 18.3 Å². The molecular formula is C22H20ClF4N3O. The summed E-state index contributed by atoms with van der Waals surface area (Å²) in [6, 6.07) is 5.58. The number of halogens is 5. The molecule has 0 amide bonds. The van der Waals surface area contributed by atoms with Crippen molar-refractivity contribution in [1.82, 2.24) is 9.97 Å². The molecule has 1 heterocycles. The summed E-state index contributed by atoms with van der Waals surface area (Å²) in [6.07, 6.45) is -4.16. The van der Waals surface area contributed by atoms with E-state index in [4.69, 9.17) is 11.6 Å². The van der Waals surface area contributed by atoms with E-state index in [1.807, 2.05) is 0 Å². The Morgan fingerprint density at radius 3 is 2.58 bits per heavy atom. The van der Waals surface area contributed by atoms with Crippen molar-refractivity contribution < 1.29 is 22.7 Å². The molecule has 164 valence electrons. The highest BCUT2D eigenvalue weighted by Crippen LogP contribution is 2.54. The number of aryl methyl sites for hydroxylation is 1. The Morgan fingerprint density at radius 2 is 1.90 bits per heavy atom. The summed E-state index contributed by atoms with van der Waals surface area (Å²) in [6.45, 7) is 4.88. The fourth-order valence-corrected chi connectivity index (χ4v) is 4.61. The van der Waals surface area contributed by atoms with Gasteiger partial charge < -0.3 is 10.4 Å². The van der Waals surface area contributed by atoms with Gasteiger partial charge in [-0.1, -0.05) is 31.5 Å². The molecule has 2 N–H and O–H groups in total. The van der Waals surface area contributed by atoms with Crippen LogP contribution in [0, 0.1) is 12.7 Å². The highest BCUT2D eigenvalue weighted by Gasteiger charge is 2.63. The highest BCUT2D eigenvalue weighted by atomic mass is 35.5. The van der Waals surface area contributed by atoms with Gasteiger partial charge in [-0.3, -0.25) is 0 Å². The Bertz CT molecular complexity index is 1180. The zero-order valence-electron chi connectivity index (χ0n) is 17.0. The summed E-state index contributed by atoms with van der Waals surface area (Å²) < 4.78 is 57.0. The van der Waals surface area contributed by atoms with Crippen LogP contribution in [-0.2, 0) is 5.41 Å². The molecule has 0 fully saturated rings. The van der Waals surface area contributed by atoms with Crippen LogP contribution in [0.25, 0.3) is 10.9 Å². The van der Waals surface area contributed by atoms with Gasteiger partial charge in [-0.2, -0.15) is 13.2 Å². The smallest absolute Gasteiger partial charge is 0.379 e. The van der Waals surface area contributed by atoms with E-state index in [0.717, 1.165) is 6.07 Å². The molecule has 0 aliphatic heterocycles. The third-order valence-corrected chi connectivity index (χ3v) is 6.09. The minimum Gasteiger partial charge on any atom is -0.379 e. The molecule has 0 unspecified atom stereocenters. The first-order valence-electron chi connectivity index (χ1n) is 9.61. The van der Waals surface area contributed by atoms with Crippen molar-refractivity contribution in [2.75, 3.05) is 5.32 Å². The van der Waals surface area contributed by atoms with Crippen LogP contribution < -0.4 is 5.32 Å². The van der Waals surface area contributed by atoms with Gasteiger partial charge in [0.2, 0.25) is 0 Å². The highest BCUT2D eigenvalue weighted by molar-refractivity contribution is 6.30. The van der Waals surface area contributed by atoms with Crippen LogP contribution in [0.2, 0.25) is 5.02 Å². The topological polar surface area (TPSA) is 58.0 Å². The van der Waals surface area contributed by atoms with Gasteiger partial charge in [0.1, 0.15) is 17.2 Å². The third kappa shape index (κ3) is 3.51. The molecule has 9 heteroatoms. The molecule has 0 radical (unpaired) electrons. The van der Waals surface area contributed by atoms with Gasteiger partial charge in [-0.05, 0) is 54.2 Å². The lowest BCUT2D eigenvalue weighted by Gasteiger charge is -2.49. The number of hydrogen-bond donors (Lipinski definition) is 2. The molecule has 4 nitrogen and oxygen atoms in total. The van der Waals surface area contributed by atoms with Crippen LogP contribution in [0.1, 0.15) is 43.3 Å². The molecule has 3 aromatic rings. The molecule has 1 aromatic heterocycles. The molecule has 0 saturated carbocycles. The van der Waals surface area contributed by atoms with Crippen molar-refractivity contribution in [3.05, 3.63) is 64.3 Å². The van der Waals surface area contributed by atoms with Crippen LogP contribution in [0.3, 0.4) is 0 Å². The predicted octanol–water partition coefficient (Wildman–Crippen LogP) is 5.86. The molecular weight excluding hydrogens is 434 g/mol. The Kier molecular flexibility index (Phi) is 4.94. The maximum absolute atomic E-state index is 14.3. The van der Waals surface area contributed by atoms with Crippen molar-refractivity contribution in [3.63, 3.8) is 0 Å². The normalized spacial score (nSPS) is 22.9. The van der Waals surface area contributed by atoms with Crippen LogP contribution in [0.15, 0.2) is 36.5 Å².